The second kappa shape index (κ2) is 10.1. The average molecular weight is 465 g/mol. The molecule has 4 rings (SSSR count). The van der Waals surface area contributed by atoms with Crippen LogP contribution in [0.1, 0.15) is 16.2 Å². The molecule has 2 N–H and O–H groups in total. The van der Waals surface area contributed by atoms with E-state index in [2.05, 4.69) is 20.8 Å². The van der Waals surface area contributed by atoms with E-state index in [1.807, 2.05) is 18.2 Å². The molecule has 3 aromatic carbocycles. The Morgan fingerprint density at radius 1 is 1.00 bits per heavy atom. The Bertz CT molecular complexity index is 1260. The number of amides is 1. The molecule has 1 aromatic heterocycles. The maximum Gasteiger partial charge on any atom is 0.255 e. The standard InChI is InChI=1S/C24H21ClN4O4/c1-31-17-11-12-18(21(13-17)32-2)23-28-22(33-29-23)14-26-19-5-3-4-6-20(19)27-24(30)15-7-9-16(25)10-8-15/h3-13,26H,14H2,1-2H3,(H,27,30). The fourth-order valence-corrected chi connectivity index (χ4v) is 3.26. The molecule has 9 heteroatoms. The van der Waals surface area contributed by atoms with Crippen LogP contribution in [0.5, 0.6) is 11.5 Å². The topological polar surface area (TPSA) is 98.5 Å². The molecule has 1 heterocycles. The zero-order chi connectivity index (χ0) is 23.2. The normalized spacial score (nSPS) is 10.5. The number of nitrogens with zero attached hydrogens (tertiary/aromatic N) is 2. The number of hydrogen-bond donors (Lipinski definition) is 2. The SMILES string of the molecule is COc1ccc(-c2noc(CNc3ccccc3NC(=O)c3ccc(Cl)cc3)n2)c(OC)c1. The van der Waals surface area contributed by atoms with Gasteiger partial charge in [-0.3, -0.25) is 4.79 Å². The molecule has 33 heavy (non-hydrogen) atoms. The fourth-order valence-electron chi connectivity index (χ4n) is 3.13. The number of ether oxygens (including phenoxy) is 2. The first-order chi connectivity index (χ1) is 16.1. The van der Waals surface area contributed by atoms with E-state index in [0.29, 0.717) is 50.7 Å². The Kier molecular flexibility index (Phi) is 6.75. The number of methoxy groups -OCH3 is 2. The number of hydrogen-bond acceptors (Lipinski definition) is 7. The third kappa shape index (κ3) is 5.24. The van der Waals surface area contributed by atoms with E-state index in [1.54, 1.807) is 62.8 Å². The molecule has 8 nitrogen and oxygen atoms in total. The Labute approximate surface area is 195 Å². The summed E-state index contributed by atoms with van der Waals surface area (Å²) in [6, 6.07) is 19.4. The number of nitrogens with one attached hydrogen (secondary N) is 2. The lowest BCUT2D eigenvalue weighted by molar-refractivity contribution is 0.102. The van der Waals surface area contributed by atoms with Crippen molar-refractivity contribution in [2.45, 2.75) is 6.54 Å². The molecular weight excluding hydrogens is 444 g/mol. The summed E-state index contributed by atoms with van der Waals surface area (Å²) in [7, 11) is 3.15. The summed E-state index contributed by atoms with van der Waals surface area (Å²) in [5, 5.41) is 10.7. The van der Waals surface area contributed by atoms with Gasteiger partial charge in [0.2, 0.25) is 11.7 Å². The van der Waals surface area contributed by atoms with Gasteiger partial charge in [0.05, 0.1) is 37.7 Å². The van der Waals surface area contributed by atoms with Crippen molar-refractivity contribution in [3.8, 4) is 22.9 Å². The highest BCUT2D eigenvalue weighted by Crippen LogP contribution is 2.31. The highest BCUT2D eigenvalue weighted by Gasteiger charge is 2.15. The van der Waals surface area contributed by atoms with Crippen LogP contribution >= 0.6 is 11.6 Å². The van der Waals surface area contributed by atoms with Crippen molar-refractivity contribution in [2.24, 2.45) is 0 Å². The van der Waals surface area contributed by atoms with Gasteiger partial charge in [0, 0.05) is 16.7 Å². The number of halogens is 1. The molecule has 0 atom stereocenters. The molecule has 1 amide bonds. The van der Waals surface area contributed by atoms with Gasteiger partial charge < -0.3 is 24.6 Å². The number of benzene rings is 3. The zero-order valence-electron chi connectivity index (χ0n) is 18.0. The summed E-state index contributed by atoms with van der Waals surface area (Å²) in [6.45, 7) is 0.263. The lowest BCUT2D eigenvalue weighted by Crippen LogP contribution is -2.13. The first-order valence-corrected chi connectivity index (χ1v) is 10.4. The lowest BCUT2D eigenvalue weighted by Gasteiger charge is -2.12. The Balaban J connectivity index is 1.46. The van der Waals surface area contributed by atoms with E-state index < -0.39 is 0 Å². The average Bonchev–Trinajstić information content (AvgIpc) is 3.32. The summed E-state index contributed by atoms with van der Waals surface area (Å²) in [6.07, 6.45) is 0. The Hall–Kier alpha value is -4.04. The van der Waals surface area contributed by atoms with Gasteiger partial charge in [0.25, 0.3) is 5.91 Å². The molecular formula is C24H21ClN4O4. The van der Waals surface area contributed by atoms with Crippen LogP contribution in [0, 0.1) is 0 Å². The van der Waals surface area contributed by atoms with Gasteiger partial charge in [-0.25, -0.2) is 0 Å². The van der Waals surface area contributed by atoms with Gasteiger partial charge in [-0.2, -0.15) is 4.98 Å². The monoisotopic (exact) mass is 464 g/mol. The van der Waals surface area contributed by atoms with E-state index in [4.69, 9.17) is 25.6 Å². The van der Waals surface area contributed by atoms with Crippen molar-refractivity contribution in [2.75, 3.05) is 24.9 Å². The number of aromatic nitrogens is 2. The summed E-state index contributed by atoms with van der Waals surface area (Å²) in [4.78, 5) is 17.0. The molecule has 0 bridgehead atoms. The third-order valence-electron chi connectivity index (χ3n) is 4.83. The molecule has 0 unspecified atom stereocenters. The van der Waals surface area contributed by atoms with Crippen molar-refractivity contribution in [3.63, 3.8) is 0 Å². The summed E-state index contributed by atoms with van der Waals surface area (Å²) in [5.74, 6) is 1.77. The highest BCUT2D eigenvalue weighted by atomic mass is 35.5. The second-order valence-electron chi connectivity index (χ2n) is 6.94. The molecule has 0 spiro atoms. The van der Waals surface area contributed by atoms with Crippen LogP contribution in [0.4, 0.5) is 11.4 Å². The van der Waals surface area contributed by atoms with Crippen LogP contribution in [-0.4, -0.2) is 30.3 Å². The van der Waals surface area contributed by atoms with Crippen molar-refractivity contribution in [3.05, 3.63) is 83.2 Å². The molecule has 0 aliphatic rings. The van der Waals surface area contributed by atoms with E-state index in [-0.39, 0.29) is 12.5 Å². The third-order valence-corrected chi connectivity index (χ3v) is 5.08. The van der Waals surface area contributed by atoms with Gasteiger partial charge in [-0.15, -0.1) is 0 Å². The van der Waals surface area contributed by atoms with Crippen LogP contribution in [0.3, 0.4) is 0 Å². The first kappa shape index (κ1) is 22.2. The molecule has 0 radical (unpaired) electrons. The number of rotatable bonds is 8. The van der Waals surface area contributed by atoms with Crippen LogP contribution in [0.25, 0.3) is 11.4 Å². The minimum atomic E-state index is -0.243. The highest BCUT2D eigenvalue weighted by molar-refractivity contribution is 6.30. The number of anilines is 2. The molecule has 0 aliphatic heterocycles. The van der Waals surface area contributed by atoms with Crippen molar-refractivity contribution in [1.29, 1.82) is 0 Å². The van der Waals surface area contributed by atoms with Gasteiger partial charge in [-0.05, 0) is 48.5 Å². The van der Waals surface area contributed by atoms with Crippen LogP contribution in [-0.2, 0) is 6.54 Å². The first-order valence-electron chi connectivity index (χ1n) is 10.0. The largest absolute Gasteiger partial charge is 0.497 e. The smallest absolute Gasteiger partial charge is 0.255 e. The molecule has 0 aliphatic carbocycles. The molecule has 0 saturated carbocycles. The number of carbonyl (C=O) groups is 1. The predicted octanol–water partition coefficient (Wildman–Crippen LogP) is 5.27. The number of carbonyl (C=O) groups excluding carboxylic acids is 1. The van der Waals surface area contributed by atoms with Crippen molar-refractivity contribution < 1.29 is 18.8 Å². The minimum Gasteiger partial charge on any atom is -0.497 e. The van der Waals surface area contributed by atoms with Gasteiger partial charge in [0.15, 0.2) is 0 Å². The van der Waals surface area contributed by atoms with E-state index in [9.17, 15) is 4.79 Å². The molecule has 168 valence electrons. The van der Waals surface area contributed by atoms with Gasteiger partial charge >= 0.3 is 0 Å². The Morgan fingerprint density at radius 3 is 2.48 bits per heavy atom. The quantitative estimate of drug-likeness (QED) is 0.366. The van der Waals surface area contributed by atoms with Gasteiger partial charge in [-0.1, -0.05) is 28.9 Å². The van der Waals surface area contributed by atoms with E-state index in [1.165, 1.54) is 0 Å². The van der Waals surface area contributed by atoms with Crippen LogP contribution in [0.15, 0.2) is 71.3 Å². The van der Waals surface area contributed by atoms with E-state index in [0.717, 1.165) is 0 Å². The predicted molar refractivity (Wildman–Crippen MR) is 126 cm³/mol. The summed E-state index contributed by atoms with van der Waals surface area (Å²) >= 11 is 5.90. The Morgan fingerprint density at radius 2 is 1.76 bits per heavy atom. The van der Waals surface area contributed by atoms with Crippen molar-refractivity contribution in [1.82, 2.24) is 10.1 Å². The molecule has 0 fully saturated rings. The van der Waals surface area contributed by atoms with Crippen molar-refractivity contribution >= 4 is 28.9 Å². The van der Waals surface area contributed by atoms with E-state index >= 15 is 0 Å². The fraction of sp³-hybridized carbons (Fsp3) is 0.125. The number of para-hydroxylation sites is 2. The summed E-state index contributed by atoms with van der Waals surface area (Å²) in [5.41, 5.74) is 2.52. The lowest BCUT2D eigenvalue weighted by atomic mass is 10.2. The second-order valence-corrected chi connectivity index (χ2v) is 7.37. The molecule has 0 saturated heterocycles. The minimum absolute atomic E-state index is 0.243. The van der Waals surface area contributed by atoms with Gasteiger partial charge in [0.1, 0.15) is 11.5 Å². The maximum absolute atomic E-state index is 12.6. The van der Waals surface area contributed by atoms with Crippen LogP contribution in [0.2, 0.25) is 5.02 Å². The zero-order valence-corrected chi connectivity index (χ0v) is 18.7. The summed E-state index contributed by atoms with van der Waals surface area (Å²) < 4.78 is 16.0. The molecule has 4 aromatic rings. The maximum atomic E-state index is 12.6. The van der Waals surface area contributed by atoms with Crippen LogP contribution < -0.4 is 20.1 Å².